The van der Waals surface area contributed by atoms with Crippen LogP contribution < -0.4 is 4.74 Å². The molecule has 2 N–H and O–H groups in total. The number of carbonyl (C=O) groups excluding carboxylic acids is 1. The van der Waals surface area contributed by atoms with Gasteiger partial charge in [0.1, 0.15) is 0 Å². The van der Waals surface area contributed by atoms with Gasteiger partial charge < -0.3 is 14.9 Å². The number of methoxy groups -OCH3 is 1. The van der Waals surface area contributed by atoms with Crippen molar-refractivity contribution in [3.8, 4) is 28.4 Å². The van der Waals surface area contributed by atoms with E-state index in [9.17, 15) is 15.0 Å². The van der Waals surface area contributed by atoms with Crippen LogP contribution in [0.25, 0.3) is 11.1 Å². The average Bonchev–Trinajstić information content (AvgIpc) is 2.42. The SMILES string of the molecule is COc1cc(-c2ccccc2Br)c(C=O)c(O)c1O. The highest BCUT2D eigenvalue weighted by Gasteiger charge is 2.19. The first-order valence-corrected chi connectivity index (χ1v) is 6.22. The van der Waals surface area contributed by atoms with Gasteiger partial charge in [-0.2, -0.15) is 0 Å². The molecule has 5 heteroatoms. The maximum Gasteiger partial charge on any atom is 0.201 e. The van der Waals surface area contributed by atoms with E-state index in [1.54, 1.807) is 6.07 Å². The molecule has 2 aromatic rings. The van der Waals surface area contributed by atoms with E-state index < -0.39 is 11.5 Å². The van der Waals surface area contributed by atoms with Gasteiger partial charge in [-0.25, -0.2) is 0 Å². The van der Waals surface area contributed by atoms with Gasteiger partial charge in [0.05, 0.1) is 12.7 Å². The quantitative estimate of drug-likeness (QED) is 0.671. The second-order valence-electron chi connectivity index (χ2n) is 3.83. The molecule has 0 amide bonds. The van der Waals surface area contributed by atoms with Crippen molar-refractivity contribution >= 4 is 22.2 Å². The third-order valence-corrected chi connectivity index (χ3v) is 3.47. The predicted molar refractivity (Wildman–Crippen MR) is 74.8 cm³/mol. The summed E-state index contributed by atoms with van der Waals surface area (Å²) in [6.45, 7) is 0. The third kappa shape index (κ3) is 2.29. The highest BCUT2D eigenvalue weighted by molar-refractivity contribution is 9.10. The van der Waals surface area contributed by atoms with Crippen LogP contribution in [0, 0.1) is 0 Å². The van der Waals surface area contributed by atoms with Gasteiger partial charge in [0.15, 0.2) is 17.8 Å². The van der Waals surface area contributed by atoms with E-state index in [-0.39, 0.29) is 11.3 Å². The lowest BCUT2D eigenvalue weighted by molar-refractivity contribution is 0.112. The molecule has 0 spiro atoms. The molecule has 0 radical (unpaired) electrons. The summed E-state index contributed by atoms with van der Waals surface area (Å²) in [5.74, 6) is -0.825. The molecule has 0 unspecified atom stereocenters. The van der Waals surface area contributed by atoms with E-state index in [4.69, 9.17) is 4.74 Å². The van der Waals surface area contributed by atoms with Crippen LogP contribution in [0.5, 0.6) is 17.2 Å². The Bertz CT molecular complexity index is 638. The van der Waals surface area contributed by atoms with Gasteiger partial charge >= 0.3 is 0 Å². The van der Waals surface area contributed by atoms with Crippen molar-refractivity contribution in [2.75, 3.05) is 7.11 Å². The fourth-order valence-corrected chi connectivity index (χ4v) is 2.32. The number of aldehydes is 1. The average molecular weight is 323 g/mol. The Kier molecular flexibility index (Phi) is 3.76. The van der Waals surface area contributed by atoms with Crippen LogP contribution in [-0.4, -0.2) is 23.6 Å². The minimum absolute atomic E-state index is 0.0187. The zero-order chi connectivity index (χ0) is 14.0. The summed E-state index contributed by atoms with van der Waals surface area (Å²) in [4.78, 5) is 11.2. The summed E-state index contributed by atoms with van der Waals surface area (Å²) < 4.78 is 5.75. The normalized spacial score (nSPS) is 10.2. The number of aromatic hydroxyl groups is 2. The number of carbonyl (C=O) groups is 1. The van der Waals surface area contributed by atoms with Crippen LogP contribution in [-0.2, 0) is 0 Å². The van der Waals surface area contributed by atoms with Crippen LogP contribution in [0.2, 0.25) is 0 Å². The molecule has 4 nitrogen and oxygen atoms in total. The molecular formula is C14H11BrO4. The van der Waals surface area contributed by atoms with Crippen LogP contribution in [0.4, 0.5) is 0 Å². The Labute approximate surface area is 118 Å². The van der Waals surface area contributed by atoms with Gasteiger partial charge in [-0.05, 0) is 17.7 Å². The lowest BCUT2D eigenvalue weighted by Crippen LogP contribution is -1.93. The minimum Gasteiger partial charge on any atom is -0.504 e. The Morgan fingerprint density at radius 3 is 2.42 bits per heavy atom. The Balaban J connectivity index is 2.79. The monoisotopic (exact) mass is 322 g/mol. The third-order valence-electron chi connectivity index (χ3n) is 2.78. The molecule has 0 aliphatic rings. The Morgan fingerprint density at radius 2 is 1.84 bits per heavy atom. The van der Waals surface area contributed by atoms with Gasteiger partial charge in [-0.1, -0.05) is 34.1 Å². The largest absolute Gasteiger partial charge is 0.504 e. The highest BCUT2D eigenvalue weighted by Crippen LogP contribution is 2.44. The molecule has 0 aliphatic heterocycles. The van der Waals surface area contributed by atoms with E-state index >= 15 is 0 Å². The molecular weight excluding hydrogens is 312 g/mol. The second kappa shape index (κ2) is 5.32. The standard InChI is InChI=1S/C14H11BrO4/c1-19-12-6-9(8-4-2-3-5-11(8)15)10(7-16)13(17)14(12)18/h2-7,17-18H,1H3. The first-order chi connectivity index (χ1) is 9.10. The highest BCUT2D eigenvalue weighted by atomic mass is 79.9. The van der Waals surface area contributed by atoms with Gasteiger partial charge in [0, 0.05) is 10.0 Å². The number of phenols is 2. The first kappa shape index (κ1) is 13.4. The summed E-state index contributed by atoms with van der Waals surface area (Å²) in [6, 6.07) is 8.78. The summed E-state index contributed by atoms with van der Waals surface area (Å²) in [6.07, 6.45) is 0.503. The number of hydrogen-bond donors (Lipinski definition) is 2. The van der Waals surface area contributed by atoms with Crippen LogP contribution in [0.1, 0.15) is 10.4 Å². The van der Waals surface area contributed by atoms with Crippen molar-refractivity contribution in [2.45, 2.75) is 0 Å². The zero-order valence-electron chi connectivity index (χ0n) is 10.1. The van der Waals surface area contributed by atoms with E-state index in [2.05, 4.69) is 15.9 Å². The number of phenolic OH excluding ortho intramolecular Hbond substituents is 2. The smallest absolute Gasteiger partial charge is 0.201 e. The van der Waals surface area contributed by atoms with Crippen molar-refractivity contribution < 1.29 is 19.7 Å². The molecule has 0 aliphatic carbocycles. The zero-order valence-corrected chi connectivity index (χ0v) is 11.6. The Morgan fingerprint density at radius 1 is 1.16 bits per heavy atom. The lowest BCUT2D eigenvalue weighted by Gasteiger charge is -2.13. The maximum absolute atomic E-state index is 11.2. The molecule has 98 valence electrons. The van der Waals surface area contributed by atoms with E-state index in [0.29, 0.717) is 11.8 Å². The summed E-state index contributed by atoms with van der Waals surface area (Å²) in [5, 5.41) is 19.6. The molecule has 0 fully saturated rings. The molecule has 2 aromatic carbocycles. The molecule has 0 heterocycles. The molecule has 0 saturated heterocycles. The van der Waals surface area contributed by atoms with Crippen molar-refractivity contribution in [3.05, 3.63) is 40.4 Å². The van der Waals surface area contributed by atoms with E-state index in [0.717, 1.165) is 10.0 Å². The molecule has 0 aromatic heterocycles. The van der Waals surface area contributed by atoms with E-state index in [1.807, 2.05) is 18.2 Å². The number of rotatable bonds is 3. The van der Waals surface area contributed by atoms with Gasteiger partial charge in [0.2, 0.25) is 5.75 Å². The lowest BCUT2D eigenvalue weighted by atomic mass is 9.98. The van der Waals surface area contributed by atoms with Crippen LogP contribution in [0.15, 0.2) is 34.8 Å². The fourth-order valence-electron chi connectivity index (χ4n) is 1.83. The molecule has 2 rings (SSSR count). The summed E-state index contributed by atoms with van der Waals surface area (Å²) in [5.41, 5.74) is 1.22. The molecule has 0 bridgehead atoms. The number of hydrogen-bond acceptors (Lipinski definition) is 4. The summed E-state index contributed by atoms with van der Waals surface area (Å²) in [7, 11) is 1.37. The van der Waals surface area contributed by atoms with Crippen molar-refractivity contribution in [1.29, 1.82) is 0 Å². The van der Waals surface area contributed by atoms with Gasteiger partial charge in [0.25, 0.3) is 0 Å². The predicted octanol–water partition coefficient (Wildman–Crippen LogP) is 3.35. The fraction of sp³-hybridized carbons (Fsp3) is 0.0714. The van der Waals surface area contributed by atoms with Crippen LogP contribution >= 0.6 is 15.9 Å². The van der Waals surface area contributed by atoms with Crippen molar-refractivity contribution in [2.24, 2.45) is 0 Å². The number of benzene rings is 2. The maximum atomic E-state index is 11.2. The number of ether oxygens (including phenoxy) is 1. The topological polar surface area (TPSA) is 66.8 Å². The second-order valence-corrected chi connectivity index (χ2v) is 4.69. The summed E-state index contributed by atoms with van der Waals surface area (Å²) >= 11 is 3.39. The first-order valence-electron chi connectivity index (χ1n) is 5.43. The van der Waals surface area contributed by atoms with Gasteiger partial charge in [-0.15, -0.1) is 0 Å². The molecule has 0 saturated carbocycles. The van der Waals surface area contributed by atoms with E-state index in [1.165, 1.54) is 13.2 Å². The van der Waals surface area contributed by atoms with Crippen LogP contribution in [0.3, 0.4) is 0 Å². The van der Waals surface area contributed by atoms with Crippen molar-refractivity contribution in [3.63, 3.8) is 0 Å². The minimum atomic E-state index is -0.486. The van der Waals surface area contributed by atoms with Gasteiger partial charge in [-0.3, -0.25) is 4.79 Å². The molecule has 0 atom stereocenters. The Hall–Kier alpha value is -2.01. The molecule has 19 heavy (non-hydrogen) atoms. The number of halogens is 1. The van der Waals surface area contributed by atoms with Crippen molar-refractivity contribution in [1.82, 2.24) is 0 Å².